The fraction of sp³-hybridized carbons (Fsp3) is 0.667. The molecule has 0 aliphatic carbocycles. The Hall–Kier alpha value is -0.800. The Morgan fingerprint density at radius 1 is 0.933 bits per heavy atom. The van der Waals surface area contributed by atoms with Crippen molar-refractivity contribution in [3.05, 3.63) is 24.5 Å². The van der Waals surface area contributed by atoms with Crippen LogP contribution in [0.5, 0.6) is 0 Å². The lowest BCUT2D eigenvalue weighted by molar-refractivity contribution is 0.0439. The predicted octanol–water partition coefficient (Wildman–Crippen LogP) is 2.32. The Bertz CT molecular complexity index is 222. The molecule has 86 valence electrons. The third-order valence-electron chi connectivity index (χ3n) is 2.17. The highest BCUT2D eigenvalue weighted by molar-refractivity contribution is 4.89. The molecule has 0 aliphatic heterocycles. The van der Waals surface area contributed by atoms with Gasteiger partial charge in [-0.1, -0.05) is 13.3 Å². The monoisotopic (exact) mass is 211 g/mol. The summed E-state index contributed by atoms with van der Waals surface area (Å²) in [5.74, 6) is 0. The zero-order valence-electron chi connectivity index (χ0n) is 9.52. The SMILES string of the molecule is CCCCOCCOCCn1cccc1. The lowest BCUT2D eigenvalue weighted by atomic mass is 10.4. The van der Waals surface area contributed by atoms with Crippen LogP contribution in [-0.4, -0.2) is 31.0 Å². The van der Waals surface area contributed by atoms with Crippen LogP contribution in [0.4, 0.5) is 0 Å². The molecule has 0 fully saturated rings. The van der Waals surface area contributed by atoms with Gasteiger partial charge in [-0.3, -0.25) is 0 Å². The van der Waals surface area contributed by atoms with Crippen LogP contribution in [0, 0.1) is 0 Å². The molecule has 0 radical (unpaired) electrons. The second-order valence-corrected chi connectivity index (χ2v) is 3.50. The summed E-state index contributed by atoms with van der Waals surface area (Å²) in [6.45, 7) is 6.11. The average molecular weight is 211 g/mol. The van der Waals surface area contributed by atoms with Gasteiger partial charge in [0.25, 0.3) is 0 Å². The third kappa shape index (κ3) is 6.31. The van der Waals surface area contributed by atoms with Gasteiger partial charge in [0.15, 0.2) is 0 Å². The second-order valence-electron chi connectivity index (χ2n) is 3.50. The van der Waals surface area contributed by atoms with E-state index in [0.29, 0.717) is 13.2 Å². The molecule has 0 bridgehead atoms. The van der Waals surface area contributed by atoms with Crippen molar-refractivity contribution in [2.75, 3.05) is 26.4 Å². The maximum Gasteiger partial charge on any atom is 0.0701 e. The maximum absolute atomic E-state index is 5.44. The van der Waals surface area contributed by atoms with Crippen molar-refractivity contribution in [3.8, 4) is 0 Å². The predicted molar refractivity (Wildman–Crippen MR) is 61.0 cm³/mol. The van der Waals surface area contributed by atoms with Crippen molar-refractivity contribution in [2.45, 2.75) is 26.3 Å². The van der Waals surface area contributed by atoms with E-state index in [2.05, 4.69) is 11.5 Å². The van der Waals surface area contributed by atoms with E-state index in [9.17, 15) is 0 Å². The largest absolute Gasteiger partial charge is 0.379 e. The van der Waals surface area contributed by atoms with Crippen LogP contribution in [0.2, 0.25) is 0 Å². The highest BCUT2D eigenvalue weighted by Gasteiger charge is 1.91. The molecule has 0 aromatic carbocycles. The first-order valence-electron chi connectivity index (χ1n) is 5.69. The summed E-state index contributed by atoms with van der Waals surface area (Å²) in [4.78, 5) is 0. The van der Waals surface area contributed by atoms with E-state index >= 15 is 0 Å². The minimum Gasteiger partial charge on any atom is -0.379 e. The fourth-order valence-corrected chi connectivity index (χ4v) is 1.26. The van der Waals surface area contributed by atoms with Crippen molar-refractivity contribution in [2.24, 2.45) is 0 Å². The molecular weight excluding hydrogens is 190 g/mol. The van der Waals surface area contributed by atoms with Crippen LogP contribution in [0.3, 0.4) is 0 Å². The smallest absolute Gasteiger partial charge is 0.0701 e. The van der Waals surface area contributed by atoms with E-state index in [0.717, 1.165) is 26.2 Å². The number of rotatable bonds is 9. The summed E-state index contributed by atoms with van der Waals surface area (Å²) in [7, 11) is 0. The molecule has 0 unspecified atom stereocenters. The molecule has 3 nitrogen and oxygen atoms in total. The van der Waals surface area contributed by atoms with Gasteiger partial charge in [0.05, 0.1) is 19.8 Å². The zero-order valence-corrected chi connectivity index (χ0v) is 9.52. The molecule has 0 amide bonds. The molecule has 1 aromatic heterocycles. The van der Waals surface area contributed by atoms with Gasteiger partial charge in [-0.2, -0.15) is 0 Å². The first-order chi connectivity index (χ1) is 7.43. The second kappa shape index (κ2) is 8.50. The molecule has 1 aromatic rings. The summed E-state index contributed by atoms with van der Waals surface area (Å²) in [6.07, 6.45) is 6.42. The van der Waals surface area contributed by atoms with Crippen molar-refractivity contribution in [1.82, 2.24) is 4.57 Å². The molecule has 1 heterocycles. The van der Waals surface area contributed by atoms with E-state index in [1.54, 1.807) is 0 Å². The lowest BCUT2D eigenvalue weighted by Gasteiger charge is -2.06. The van der Waals surface area contributed by atoms with Gasteiger partial charge in [-0.05, 0) is 18.6 Å². The van der Waals surface area contributed by atoms with Gasteiger partial charge in [-0.25, -0.2) is 0 Å². The molecule has 0 spiro atoms. The molecule has 0 saturated heterocycles. The molecule has 0 N–H and O–H groups in total. The Labute approximate surface area is 92.0 Å². The van der Waals surface area contributed by atoms with Crippen molar-refractivity contribution >= 4 is 0 Å². The van der Waals surface area contributed by atoms with Crippen LogP contribution >= 0.6 is 0 Å². The van der Waals surface area contributed by atoms with Gasteiger partial charge in [0.2, 0.25) is 0 Å². The fourth-order valence-electron chi connectivity index (χ4n) is 1.26. The molecule has 1 rings (SSSR count). The average Bonchev–Trinajstić information content (AvgIpc) is 2.75. The maximum atomic E-state index is 5.44. The van der Waals surface area contributed by atoms with Gasteiger partial charge < -0.3 is 14.0 Å². The van der Waals surface area contributed by atoms with Crippen molar-refractivity contribution in [1.29, 1.82) is 0 Å². The standard InChI is InChI=1S/C12H21NO2/c1-2-3-9-14-11-12-15-10-8-13-6-4-5-7-13/h4-7H,2-3,8-12H2,1H3. The summed E-state index contributed by atoms with van der Waals surface area (Å²) >= 11 is 0. The number of unbranched alkanes of at least 4 members (excludes halogenated alkanes) is 1. The molecule has 15 heavy (non-hydrogen) atoms. The van der Waals surface area contributed by atoms with E-state index in [1.165, 1.54) is 6.42 Å². The molecular formula is C12H21NO2. The molecule has 0 saturated carbocycles. The number of hydrogen-bond donors (Lipinski definition) is 0. The number of aromatic nitrogens is 1. The Morgan fingerprint density at radius 2 is 1.60 bits per heavy atom. The number of nitrogens with zero attached hydrogens (tertiary/aromatic N) is 1. The molecule has 0 aliphatic rings. The zero-order chi connectivity index (χ0) is 10.8. The minimum atomic E-state index is 0.699. The highest BCUT2D eigenvalue weighted by Crippen LogP contribution is 1.91. The molecule has 0 atom stereocenters. The van der Waals surface area contributed by atoms with Crippen LogP contribution in [0.1, 0.15) is 19.8 Å². The van der Waals surface area contributed by atoms with Crippen molar-refractivity contribution < 1.29 is 9.47 Å². The van der Waals surface area contributed by atoms with Crippen LogP contribution < -0.4 is 0 Å². The van der Waals surface area contributed by atoms with Crippen LogP contribution in [-0.2, 0) is 16.0 Å². The topological polar surface area (TPSA) is 23.4 Å². The minimum absolute atomic E-state index is 0.699. The van der Waals surface area contributed by atoms with E-state index in [-0.39, 0.29) is 0 Å². The Morgan fingerprint density at radius 3 is 2.27 bits per heavy atom. The normalized spacial score (nSPS) is 10.7. The number of hydrogen-bond acceptors (Lipinski definition) is 2. The van der Waals surface area contributed by atoms with Gasteiger partial charge >= 0.3 is 0 Å². The Kier molecular flexibility index (Phi) is 6.96. The first kappa shape index (κ1) is 12.3. The van der Waals surface area contributed by atoms with Gasteiger partial charge in [0, 0.05) is 25.5 Å². The van der Waals surface area contributed by atoms with Crippen LogP contribution in [0.15, 0.2) is 24.5 Å². The summed E-state index contributed by atoms with van der Waals surface area (Å²) < 4.78 is 12.9. The quantitative estimate of drug-likeness (QED) is 0.585. The van der Waals surface area contributed by atoms with E-state index < -0.39 is 0 Å². The third-order valence-corrected chi connectivity index (χ3v) is 2.17. The molecule has 3 heteroatoms. The van der Waals surface area contributed by atoms with Gasteiger partial charge in [-0.15, -0.1) is 0 Å². The van der Waals surface area contributed by atoms with E-state index in [4.69, 9.17) is 9.47 Å². The van der Waals surface area contributed by atoms with Crippen LogP contribution in [0.25, 0.3) is 0 Å². The summed E-state index contributed by atoms with van der Waals surface area (Å²) in [5.41, 5.74) is 0. The lowest BCUT2D eigenvalue weighted by Crippen LogP contribution is -2.09. The highest BCUT2D eigenvalue weighted by atomic mass is 16.5. The Balaban J connectivity index is 1.81. The number of ether oxygens (including phenoxy) is 2. The summed E-state index contributed by atoms with van der Waals surface area (Å²) in [6, 6.07) is 4.04. The first-order valence-corrected chi connectivity index (χ1v) is 5.69. The van der Waals surface area contributed by atoms with Gasteiger partial charge in [0.1, 0.15) is 0 Å². The summed E-state index contributed by atoms with van der Waals surface area (Å²) in [5, 5.41) is 0. The van der Waals surface area contributed by atoms with Crippen molar-refractivity contribution in [3.63, 3.8) is 0 Å². The van der Waals surface area contributed by atoms with E-state index in [1.807, 2.05) is 24.5 Å².